The van der Waals surface area contributed by atoms with Gasteiger partial charge in [-0.3, -0.25) is 0 Å². The van der Waals surface area contributed by atoms with Gasteiger partial charge in [-0.1, -0.05) is 66.7 Å². The third-order valence-corrected chi connectivity index (χ3v) is 5.44. The molecule has 5 rings (SSSR count). The number of ether oxygens (including phenoxy) is 2. The first-order valence-electron chi connectivity index (χ1n) is 10.3. The molecule has 0 fully saturated rings. The summed E-state index contributed by atoms with van der Waals surface area (Å²) in [6.45, 7) is 4.12. The van der Waals surface area contributed by atoms with Crippen molar-refractivity contribution in [3.8, 4) is 0 Å². The Balaban J connectivity index is 0.00000128. The molecule has 1 aromatic heterocycles. The van der Waals surface area contributed by atoms with Gasteiger partial charge in [0.1, 0.15) is 23.6 Å². The Kier molecular flexibility index (Phi) is 9.49. The summed E-state index contributed by atoms with van der Waals surface area (Å²) in [6.07, 6.45) is -0.205. The van der Waals surface area contributed by atoms with Gasteiger partial charge in [-0.25, -0.2) is 15.0 Å². The van der Waals surface area contributed by atoms with Crippen molar-refractivity contribution in [2.24, 2.45) is 9.98 Å². The minimum Gasteiger partial charge on any atom is -1.00 e. The maximum Gasteiger partial charge on any atom is 2.00 e. The Morgan fingerprint density at radius 2 is 0.970 bits per heavy atom. The van der Waals surface area contributed by atoms with E-state index in [0.29, 0.717) is 23.2 Å². The van der Waals surface area contributed by atoms with Crippen molar-refractivity contribution < 1.29 is 51.1 Å². The van der Waals surface area contributed by atoms with Crippen LogP contribution in [0.3, 0.4) is 0 Å². The molecule has 1 radical (unpaired) electrons. The fourth-order valence-corrected chi connectivity index (χ4v) is 3.91. The Morgan fingerprint density at radius 3 is 1.36 bits per heavy atom. The maximum atomic E-state index is 6.18. The standard InChI is InChI=1S/C25H23N3O2.2ClH.Co/c1-16-22(18-10-5-3-6-11-18)29-24(26-16)20-14-9-15-21(28-20)25-27-17(2)23(30-25)19-12-7-4-8-13-19;;;/h3-17,22-23H,1-2H3;2*1H;/q;;;+2/p-2. The smallest absolute Gasteiger partial charge is 1.00 e. The minimum absolute atomic E-state index is 0. The molecule has 5 nitrogen and oxygen atoms in total. The molecule has 2 aromatic carbocycles. The Morgan fingerprint density at radius 1 is 0.576 bits per heavy atom. The molecule has 0 spiro atoms. The molecule has 0 saturated carbocycles. The number of pyridine rings is 1. The summed E-state index contributed by atoms with van der Waals surface area (Å²) < 4.78 is 12.4. The van der Waals surface area contributed by atoms with Crippen LogP contribution in [0.15, 0.2) is 88.8 Å². The number of benzene rings is 2. The van der Waals surface area contributed by atoms with Crippen LogP contribution in [-0.2, 0) is 26.3 Å². The van der Waals surface area contributed by atoms with Crippen molar-refractivity contribution in [3.63, 3.8) is 0 Å². The summed E-state index contributed by atoms with van der Waals surface area (Å²) in [4.78, 5) is 14.2. The molecule has 0 aliphatic carbocycles. The minimum atomic E-state index is -0.103. The molecule has 4 atom stereocenters. The van der Waals surface area contributed by atoms with E-state index in [1.165, 1.54) is 0 Å². The zero-order valence-corrected chi connectivity index (χ0v) is 20.6. The summed E-state index contributed by atoms with van der Waals surface area (Å²) in [7, 11) is 0. The number of nitrogens with zero attached hydrogens (tertiary/aromatic N) is 3. The Labute approximate surface area is 216 Å². The van der Waals surface area contributed by atoms with Crippen molar-refractivity contribution in [3.05, 3.63) is 101 Å². The van der Waals surface area contributed by atoms with Gasteiger partial charge in [-0.05, 0) is 37.1 Å². The summed E-state index contributed by atoms with van der Waals surface area (Å²) in [5.74, 6) is 1.12. The SMILES string of the molecule is CC1N=C(c2cccc(C3=NC(C)C(c4ccccc4)O3)n2)OC1c1ccccc1.[Cl-].[Cl-].[Co+2]. The number of halogens is 2. The Bertz CT molecular complexity index is 1030. The molecule has 173 valence electrons. The van der Waals surface area contributed by atoms with Crippen LogP contribution in [0.25, 0.3) is 0 Å². The van der Waals surface area contributed by atoms with Crippen LogP contribution >= 0.6 is 0 Å². The van der Waals surface area contributed by atoms with Gasteiger partial charge >= 0.3 is 16.8 Å². The van der Waals surface area contributed by atoms with Crippen molar-refractivity contribution in [2.75, 3.05) is 0 Å². The van der Waals surface area contributed by atoms with Crippen LogP contribution in [0.1, 0.15) is 48.6 Å². The van der Waals surface area contributed by atoms with Gasteiger partial charge in [0.2, 0.25) is 11.8 Å². The average Bonchev–Trinajstić information content (AvgIpc) is 3.38. The van der Waals surface area contributed by atoms with E-state index >= 15 is 0 Å². The topological polar surface area (TPSA) is 56.1 Å². The monoisotopic (exact) mass is 526 g/mol. The first-order chi connectivity index (χ1) is 14.7. The largest absolute Gasteiger partial charge is 2.00 e. The number of hydrogen-bond acceptors (Lipinski definition) is 5. The van der Waals surface area contributed by atoms with E-state index in [9.17, 15) is 0 Å². The second kappa shape index (κ2) is 11.7. The van der Waals surface area contributed by atoms with Crippen LogP contribution in [0.4, 0.5) is 0 Å². The molecule has 4 unspecified atom stereocenters. The van der Waals surface area contributed by atoms with Gasteiger partial charge in [0.05, 0.1) is 12.1 Å². The van der Waals surface area contributed by atoms with E-state index in [0.717, 1.165) is 11.1 Å². The fourth-order valence-electron chi connectivity index (χ4n) is 3.91. The molecule has 33 heavy (non-hydrogen) atoms. The average molecular weight is 527 g/mol. The number of aromatic nitrogens is 1. The molecule has 0 amide bonds. The van der Waals surface area contributed by atoms with Crippen molar-refractivity contribution >= 4 is 11.8 Å². The summed E-state index contributed by atoms with van der Waals surface area (Å²) in [5, 5.41) is 0. The normalized spacial score (nSPS) is 23.0. The van der Waals surface area contributed by atoms with Crippen molar-refractivity contribution in [2.45, 2.75) is 38.1 Å². The molecule has 2 aliphatic rings. The second-order valence-electron chi connectivity index (χ2n) is 7.66. The third-order valence-electron chi connectivity index (χ3n) is 5.44. The van der Waals surface area contributed by atoms with Crippen LogP contribution in [0.2, 0.25) is 0 Å². The first kappa shape index (κ1) is 26.9. The predicted octanol–water partition coefficient (Wildman–Crippen LogP) is -1.10. The molecular weight excluding hydrogens is 504 g/mol. The van der Waals surface area contributed by atoms with E-state index in [-0.39, 0.29) is 65.9 Å². The van der Waals surface area contributed by atoms with E-state index in [4.69, 9.17) is 24.4 Å². The first-order valence-corrected chi connectivity index (χ1v) is 10.3. The van der Waals surface area contributed by atoms with Gasteiger partial charge in [-0.2, -0.15) is 0 Å². The molecule has 0 N–H and O–H groups in total. The molecular formula is C25H23Cl2CoN3O2. The van der Waals surface area contributed by atoms with E-state index in [1.54, 1.807) is 0 Å². The van der Waals surface area contributed by atoms with Crippen LogP contribution in [-0.4, -0.2) is 28.9 Å². The molecule has 3 heterocycles. The van der Waals surface area contributed by atoms with E-state index in [1.807, 2.05) is 54.6 Å². The molecule has 2 aliphatic heterocycles. The van der Waals surface area contributed by atoms with Gasteiger partial charge in [-0.15, -0.1) is 0 Å². The molecule has 0 saturated heterocycles. The quantitative estimate of drug-likeness (QED) is 0.433. The number of rotatable bonds is 4. The fraction of sp³-hybridized carbons (Fsp3) is 0.240. The van der Waals surface area contributed by atoms with Gasteiger partial charge in [0.15, 0.2) is 0 Å². The molecule has 0 bridgehead atoms. The van der Waals surface area contributed by atoms with Crippen LogP contribution in [0, 0.1) is 0 Å². The van der Waals surface area contributed by atoms with E-state index < -0.39 is 0 Å². The van der Waals surface area contributed by atoms with Gasteiger partial charge < -0.3 is 34.3 Å². The van der Waals surface area contributed by atoms with E-state index in [2.05, 4.69) is 38.1 Å². The summed E-state index contributed by atoms with van der Waals surface area (Å²) in [5.41, 5.74) is 3.62. The van der Waals surface area contributed by atoms with Gasteiger partial charge in [0.25, 0.3) is 0 Å². The second-order valence-corrected chi connectivity index (χ2v) is 7.66. The summed E-state index contributed by atoms with van der Waals surface area (Å²) in [6, 6.07) is 26.1. The zero-order valence-electron chi connectivity index (χ0n) is 18.1. The molecule has 8 heteroatoms. The Hall–Kier alpha value is -2.38. The predicted molar refractivity (Wildman–Crippen MR) is 117 cm³/mol. The van der Waals surface area contributed by atoms with Crippen LogP contribution in [0.5, 0.6) is 0 Å². The third kappa shape index (κ3) is 5.58. The van der Waals surface area contributed by atoms with Crippen molar-refractivity contribution in [1.82, 2.24) is 4.98 Å². The van der Waals surface area contributed by atoms with Crippen LogP contribution < -0.4 is 24.8 Å². The number of hydrogen-bond donors (Lipinski definition) is 0. The summed E-state index contributed by atoms with van der Waals surface area (Å²) >= 11 is 0. The van der Waals surface area contributed by atoms with Gasteiger partial charge in [0, 0.05) is 0 Å². The number of aliphatic imine (C=N–C) groups is 2. The van der Waals surface area contributed by atoms with Crippen molar-refractivity contribution in [1.29, 1.82) is 0 Å². The maximum absolute atomic E-state index is 6.18. The molecule has 3 aromatic rings. The zero-order chi connectivity index (χ0) is 20.5.